The maximum absolute atomic E-state index is 13.0. The van der Waals surface area contributed by atoms with Crippen molar-refractivity contribution >= 4 is 40.8 Å². The summed E-state index contributed by atoms with van der Waals surface area (Å²) in [7, 11) is 0. The van der Waals surface area contributed by atoms with E-state index in [0.29, 0.717) is 23.8 Å². The highest BCUT2D eigenvalue weighted by Gasteiger charge is 2.43. The van der Waals surface area contributed by atoms with Crippen molar-refractivity contribution in [3.63, 3.8) is 0 Å². The Balaban J connectivity index is 1.44. The first-order valence-electron chi connectivity index (χ1n) is 9.39. The van der Waals surface area contributed by atoms with Gasteiger partial charge in [-0.05, 0) is 36.4 Å². The van der Waals surface area contributed by atoms with Gasteiger partial charge < -0.3 is 10.0 Å². The zero-order chi connectivity index (χ0) is 20.5. The second kappa shape index (κ2) is 7.85. The summed E-state index contributed by atoms with van der Waals surface area (Å²) < 4.78 is 0. The molecule has 1 N–H and O–H groups in total. The van der Waals surface area contributed by atoms with Crippen molar-refractivity contribution in [3.8, 4) is 0 Å². The molecule has 0 aliphatic carbocycles. The van der Waals surface area contributed by atoms with Crippen LogP contribution in [-0.2, 0) is 9.59 Å². The fourth-order valence-electron chi connectivity index (χ4n) is 3.91. The van der Waals surface area contributed by atoms with Gasteiger partial charge in [-0.15, -0.1) is 0 Å². The van der Waals surface area contributed by atoms with E-state index in [-0.39, 0.29) is 23.8 Å². The van der Waals surface area contributed by atoms with Crippen LogP contribution in [0.5, 0.6) is 0 Å². The SMILES string of the molecule is O=C(O)c1ccc(N2C(=O)C[C@@H](N3CCN(c4ccccc4Cl)CC3)C2=O)cc1. The molecule has 4 rings (SSSR count). The van der Waals surface area contributed by atoms with Gasteiger partial charge in [0, 0.05) is 26.2 Å². The number of piperazine rings is 1. The Morgan fingerprint density at radius 2 is 1.62 bits per heavy atom. The summed E-state index contributed by atoms with van der Waals surface area (Å²) in [6.45, 7) is 2.74. The molecule has 1 atom stereocenters. The second-order valence-corrected chi connectivity index (χ2v) is 7.52. The highest BCUT2D eigenvalue weighted by atomic mass is 35.5. The van der Waals surface area contributed by atoms with E-state index >= 15 is 0 Å². The number of benzene rings is 2. The fourth-order valence-corrected chi connectivity index (χ4v) is 4.16. The van der Waals surface area contributed by atoms with Crippen LogP contribution in [0.2, 0.25) is 5.02 Å². The topological polar surface area (TPSA) is 81.2 Å². The Hall–Kier alpha value is -2.90. The third-order valence-corrected chi connectivity index (χ3v) is 5.76. The van der Waals surface area contributed by atoms with Crippen molar-refractivity contribution in [2.75, 3.05) is 36.0 Å². The molecule has 0 saturated carbocycles. The number of carboxylic acid groups (broad SMARTS) is 1. The van der Waals surface area contributed by atoms with Crippen LogP contribution in [0.25, 0.3) is 0 Å². The van der Waals surface area contributed by atoms with E-state index in [9.17, 15) is 14.4 Å². The molecule has 0 unspecified atom stereocenters. The van der Waals surface area contributed by atoms with Crippen molar-refractivity contribution in [2.45, 2.75) is 12.5 Å². The molecule has 2 heterocycles. The average molecular weight is 414 g/mol. The van der Waals surface area contributed by atoms with Gasteiger partial charge in [0.15, 0.2) is 0 Å². The van der Waals surface area contributed by atoms with E-state index in [1.54, 1.807) is 0 Å². The van der Waals surface area contributed by atoms with Crippen molar-refractivity contribution in [1.29, 1.82) is 0 Å². The number of halogens is 1. The van der Waals surface area contributed by atoms with Crippen molar-refractivity contribution in [2.24, 2.45) is 0 Å². The normalized spacial score (nSPS) is 20.4. The van der Waals surface area contributed by atoms with E-state index in [1.165, 1.54) is 24.3 Å². The minimum atomic E-state index is -1.05. The summed E-state index contributed by atoms with van der Waals surface area (Å²) in [5.74, 6) is -1.58. The number of amides is 2. The van der Waals surface area contributed by atoms with Crippen LogP contribution in [0.1, 0.15) is 16.8 Å². The van der Waals surface area contributed by atoms with Gasteiger partial charge in [-0.1, -0.05) is 23.7 Å². The Morgan fingerprint density at radius 3 is 2.24 bits per heavy atom. The molecule has 0 radical (unpaired) electrons. The van der Waals surface area contributed by atoms with Gasteiger partial charge >= 0.3 is 5.97 Å². The van der Waals surface area contributed by atoms with Gasteiger partial charge in [0.1, 0.15) is 0 Å². The van der Waals surface area contributed by atoms with Crippen LogP contribution >= 0.6 is 11.6 Å². The van der Waals surface area contributed by atoms with Crippen LogP contribution in [0.15, 0.2) is 48.5 Å². The van der Waals surface area contributed by atoms with Gasteiger partial charge in [0.25, 0.3) is 5.91 Å². The summed E-state index contributed by atoms with van der Waals surface area (Å²) in [5, 5.41) is 9.71. The van der Waals surface area contributed by atoms with Gasteiger partial charge in [-0.2, -0.15) is 0 Å². The van der Waals surface area contributed by atoms with Gasteiger partial charge in [0.05, 0.1) is 34.4 Å². The van der Waals surface area contributed by atoms with Crippen LogP contribution in [0.3, 0.4) is 0 Å². The van der Waals surface area contributed by atoms with E-state index in [2.05, 4.69) is 4.90 Å². The second-order valence-electron chi connectivity index (χ2n) is 7.11. The third kappa shape index (κ3) is 3.71. The lowest BCUT2D eigenvalue weighted by Crippen LogP contribution is -2.52. The average Bonchev–Trinajstić information content (AvgIpc) is 3.02. The molecular formula is C21H20ClN3O4. The highest BCUT2D eigenvalue weighted by Crippen LogP contribution is 2.29. The lowest BCUT2D eigenvalue weighted by molar-refractivity contribution is -0.123. The molecular weight excluding hydrogens is 394 g/mol. The molecule has 2 amide bonds. The number of hydrogen-bond donors (Lipinski definition) is 1. The molecule has 29 heavy (non-hydrogen) atoms. The lowest BCUT2D eigenvalue weighted by Gasteiger charge is -2.38. The van der Waals surface area contributed by atoms with Crippen LogP contribution in [-0.4, -0.2) is 60.0 Å². The third-order valence-electron chi connectivity index (χ3n) is 5.44. The summed E-state index contributed by atoms with van der Waals surface area (Å²) in [4.78, 5) is 41.9. The largest absolute Gasteiger partial charge is 0.478 e. The Labute approximate surface area is 173 Å². The molecule has 7 nitrogen and oxygen atoms in total. The number of nitrogens with zero attached hydrogens (tertiary/aromatic N) is 3. The zero-order valence-electron chi connectivity index (χ0n) is 15.6. The smallest absolute Gasteiger partial charge is 0.335 e. The fraction of sp³-hybridized carbons (Fsp3) is 0.286. The minimum Gasteiger partial charge on any atom is -0.478 e. The molecule has 2 fully saturated rings. The van der Waals surface area contributed by atoms with Gasteiger partial charge in [-0.25, -0.2) is 9.69 Å². The molecule has 2 aliphatic rings. The van der Waals surface area contributed by atoms with Crippen molar-refractivity contribution in [1.82, 2.24) is 4.90 Å². The predicted molar refractivity (Wildman–Crippen MR) is 110 cm³/mol. The minimum absolute atomic E-state index is 0.111. The predicted octanol–water partition coefficient (Wildman–Crippen LogP) is 2.49. The molecule has 0 bridgehead atoms. The monoisotopic (exact) mass is 413 g/mol. The summed E-state index contributed by atoms with van der Waals surface area (Å²) in [5.41, 5.74) is 1.49. The maximum atomic E-state index is 13.0. The first kappa shape index (κ1) is 19.4. The molecule has 0 aromatic heterocycles. The number of hydrogen-bond acceptors (Lipinski definition) is 5. The van der Waals surface area contributed by atoms with Crippen LogP contribution < -0.4 is 9.80 Å². The van der Waals surface area contributed by atoms with Gasteiger partial charge in [0.2, 0.25) is 5.91 Å². The number of aromatic carboxylic acids is 1. The number of para-hydroxylation sites is 1. The first-order valence-corrected chi connectivity index (χ1v) is 9.77. The zero-order valence-corrected chi connectivity index (χ0v) is 16.4. The quantitative estimate of drug-likeness (QED) is 0.775. The Bertz CT molecular complexity index is 955. The number of carbonyl (C=O) groups is 3. The standard InChI is InChI=1S/C21H20ClN3O4/c22-16-3-1-2-4-17(16)23-9-11-24(12-10-23)18-13-19(26)25(20(18)27)15-7-5-14(6-8-15)21(28)29/h1-8,18H,9-13H2,(H,28,29)/t18-/m1/s1. The highest BCUT2D eigenvalue weighted by molar-refractivity contribution is 6.33. The number of anilines is 2. The van der Waals surface area contributed by atoms with Crippen molar-refractivity contribution in [3.05, 3.63) is 59.1 Å². The summed E-state index contributed by atoms with van der Waals surface area (Å²) >= 11 is 6.28. The molecule has 8 heteroatoms. The Morgan fingerprint density at radius 1 is 0.966 bits per heavy atom. The number of carboxylic acids is 1. The van der Waals surface area contributed by atoms with E-state index < -0.39 is 12.0 Å². The van der Waals surface area contributed by atoms with E-state index in [1.807, 2.05) is 29.2 Å². The number of rotatable bonds is 4. The van der Waals surface area contributed by atoms with E-state index in [4.69, 9.17) is 16.7 Å². The van der Waals surface area contributed by atoms with Crippen molar-refractivity contribution < 1.29 is 19.5 Å². The lowest BCUT2D eigenvalue weighted by atomic mass is 10.1. The van der Waals surface area contributed by atoms with E-state index in [0.717, 1.165) is 23.7 Å². The molecule has 2 aromatic carbocycles. The molecule has 2 aliphatic heterocycles. The molecule has 2 aromatic rings. The van der Waals surface area contributed by atoms with Gasteiger partial charge in [-0.3, -0.25) is 14.5 Å². The number of imide groups is 1. The van der Waals surface area contributed by atoms with Crippen LogP contribution in [0, 0.1) is 0 Å². The Kier molecular flexibility index (Phi) is 5.25. The van der Waals surface area contributed by atoms with Crippen LogP contribution in [0.4, 0.5) is 11.4 Å². The molecule has 150 valence electrons. The maximum Gasteiger partial charge on any atom is 0.335 e. The molecule has 0 spiro atoms. The number of carbonyl (C=O) groups excluding carboxylic acids is 2. The summed E-state index contributed by atoms with van der Waals surface area (Å²) in [6.07, 6.45) is 0.131. The summed E-state index contributed by atoms with van der Waals surface area (Å²) in [6, 6.07) is 13.0. The first-order chi connectivity index (χ1) is 14.0. The molecule has 2 saturated heterocycles.